The van der Waals surface area contributed by atoms with Gasteiger partial charge in [0, 0.05) is 14.8 Å². The monoisotopic (exact) mass is 286 g/mol. The third-order valence-electron chi connectivity index (χ3n) is 3.24. The van der Waals surface area contributed by atoms with Gasteiger partial charge in [0.1, 0.15) is 12.4 Å². The van der Waals surface area contributed by atoms with E-state index in [1.54, 1.807) is 17.4 Å². The maximum atomic E-state index is 12.7. The number of benzene rings is 2. The summed E-state index contributed by atoms with van der Waals surface area (Å²) in [7, 11) is 0. The van der Waals surface area contributed by atoms with E-state index in [0.717, 1.165) is 15.0 Å². The summed E-state index contributed by atoms with van der Waals surface area (Å²) in [4.78, 5) is 12.7. The minimum Gasteiger partial charge on any atom is -0.490 e. The van der Waals surface area contributed by atoms with Crippen LogP contribution in [0.2, 0.25) is 0 Å². The highest BCUT2D eigenvalue weighted by Crippen LogP contribution is 2.32. The number of hydrogen-bond acceptors (Lipinski definition) is 4. The van der Waals surface area contributed by atoms with Crippen molar-refractivity contribution in [3.05, 3.63) is 52.2 Å². The summed E-state index contributed by atoms with van der Waals surface area (Å²) >= 11 is 1.60. The molecule has 0 atom stereocenters. The molecular weight excluding hydrogens is 272 g/mol. The molecule has 0 aliphatic carbocycles. The number of aliphatic hydroxyl groups is 1. The van der Waals surface area contributed by atoms with Gasteiger partial charge in [-0.05, 0) is 30.7 Å². The zero-order valence-electron chi connectivity index (χ0n) is 11.1. The summed E-state index contributed by atoms with van der Waals surface area (Å²) in [5.74, 6) is 0.548. The molecule has 0 saturated heterocycles. The van der Waals surface area contributed by atoms with Crippen molar-refractivity contribution in [3.63, 3.8) is 0 Å². The van der Waals surface area contributed by atoms with Gasteiger partial charge in [-0.25, -0.2) is 0 Å². The average Bonchev–Trinajstić information content (AvgIpc) is 2.47. The Balaban J connectivity index is 2.41. The third-order valence-corrected chi connectivity index (χ3v) is 4.54. The predicted molar refractivity (Wildman–Crippen MR) is 82.9 cm³/mol. The van der Waals surface area contributed by atoms with E-state index >= 15 is 0 Å². The Labute approximate surface area is 120 Å². The van der Waals surface area contributed by atoms with Crippen molar-refractivity contribution in [3.8, 4) is 5.75 Å². The van der Waals surface area contributed by atoms with Gasteiger partial charge in [-0.15, -0.1) is 11.3 Å². The SMILES string of the molecule is Cc1ccc(OCCO)c2c(=O)c3ccccc3sc12. The minimum absolute atomic E-state index is 0.00834. The van der Waals surface area contributed by atoms with Gasteiger partial charge in [-0.3, -0.25) is 4.79 Å². The fraction of sp³-hybridized carbons (Fsp3) is 0.188. The van der Waals surface area contributed by atoms with E-state index in [9.17, 15) is 4.79 Å². The van der Waals surface area contributed by atoms with Crippen molar-refractivity contribution < 1.29 is 9.84 Å². The minimum atomic E-state index is -0.0689. The summed E-state index contributed by atoms with van der Waals surface area (Å²) < 4.78 is 7.44. The second-order valence-electron chi connectivity index (χ2n) is 4.58. The van der Waals surface area contributed by atoms with E-state index in [0.29, 0.717) is 16.5 Å². The topological polar surface area (TPSA) is 46.5 Å². The van der Waals surface area contributed by atoms with Crippen molar-refractivity contribution in [1.29, 1.82) is 0 Å². The van der Waals surface area contributed by atoms with Crippen LogP contribution < -0.4 is 10.2 Å². The van der Waals surface area contributed by atoms with Crippen LogP contribution >= 0.6 is 11.3 Å². The molecule has 3 nitrogen and oxygen atoms in total. The van der Waals surface area contributed by atoms with E-state index in [1.165, 1.54) is 0 Å². The highest BCUT2D eigenvalue weighted by Gasteiger charge is 2.12. The quantitative estimate of drug-likeness (QED) is 0.753. The lowest BCUT2D eigenvalue weighted by Gasteiger charge is -2.10. The molecule has 0 unspecified atom stereocenters. The molecule has 0 fully saturated rings. The van der Waals surface area contributed by atoms with Crippen LogP contribution in [0.3, 0.4) is 0 Å². The van der Waals surface area contributed by atoms with Crippen molar-refractivity contribution in [2.75, 3.05) is 13.2 Å². The molecule has 0 bridgehead atoms. The molecule has 4 heteroatoms. The molecular formula is C16H14O3S. The first kappa shape index (κ1) is 13.1. The zero-order chi connectivity index (χ0) is 14.1. The fourth-order valence-electron chi connectivity index (χ4n) is 2.28. The molecule has 20 heavy (non-hydrogen) atoms. The van der Waals surface area contributed by atoms with Crippen LogP contribution in [-0.4, -0.2) is 18.3 Å². The molecule has 2 aromatic carbocycles. The standard InChI is InChI=1S/C16H14O3S/c1-10-6-7-12(19-9-8-17)14-15(18)11-4-2-3-5-13(11)20-16(10)14/h2-7,17H,8-9H2,1H3. The van der Waals surface area contributed by atoms with Gasteiger partial charge in [-0.1, -0.05) is 18.2 Å². The lowest BCUT2D eigenvalue weighted by Crippen LogP contribution is -2.07. The molecule has 0 spiro atoms. The lowest BCUT2D eigenvalue weighted by atomic mass is 10.1. The van der Waals surface area contributed by atoms with Crippen LogP contribution in [0.25, 0.3) is 20.2 Å². The third kappa shape index (κ3) is 2.07. The van der Waals surface area contributed by atoms with Crippen molar-refractivity contribution in [1.82, 2.24) is 0 Å². The lowest BCUT2D eigenvalue weighted by molar-refractivity contribution is 0.203. The van der Waals surface area contributed by atoms with Gasteiger partial charge < -0.3 is 9.84 Å². The zero-order valence-corrected chi connectivity index (χ0v) is 11.9. The van der Waals surface area contributed by atoms with E-state index in [2.05, 4.69) is 0 Å². The fourth-order valence-corrected chi connectivity index (χ4v) is 3.44. The van der Waals surface area contributed by atoms with Crippen LogP contribution in [0, 0.1) is 6.92 Å². The molecule has 1 heterocycles. The van der Waals surface area contributed by atoms with Gasteiger partial charge in [0.15, 0.2) is 5.43 Å². The second-order valence-corrected chi connectivity index (χ2v) is 5.64. The Kier molecular flexibility index (Phi) is 3.42. The average molecular weight is 286 g/mol. The van der Waals surface area contributed by atoms with Crippen LogP contribution in [0.1, 0.15) is 5.56 Å². The number of aryl methyl sites for hydroxylation is 1. The molecule has 3 aromatic rings. The first-order valence-electron chi connectivity index (χ1n) is 6.41. The van der Waals surface area contributed by atoms with E-state index < -0.39 is 0 Å². The van der Waals surface area contributed by atoms with Gasteiger partial charge in [0.2, 0.25) is 0 Å². The summed E-state index contributed by atoms with van der Waals surface area (Å²) in [5, 5.41) is 10.2. The second kappa shape index (κ2) is 5.23. The Morgan fingerprint density at radius 1 is 1.20 bits per heavy atom. The van der Waals surface area contributed by atoms with E-state index in [1.807, 2.05) is 37.3 Å². The largest absolute Gasteiger partial charge is 0.490 e. The number of hydrogen-bond donors (Lipinski definition) is 1. The summed E-state index contributed by atoms with van der Waals surface area (Å²) in [6.45, 7) is 2.11. The molecule has 0 aliphatic rings. The molecule has 1 aromatic heterocycles. The Hall–Kier alpha value is -1.91. The normalized spacial score (nSPS) is 11.1. The molecule has 3 rings (SSSR count). The van der Waals surface area contributed by atoms with Gasteiger partial charge in [0.25, 0.3) is 0 Å². The number of rotatable bonds is 3. The summed E-state index contributed by atoms with van der Waals surface area (Å²) in [5.41, 5.74) is 1.05. The first-order chi connectivity index (χ1) is 9.72. The van der Waals surface area contributed by atoms with Crippen molar-refractivity contribution in [2.24, 2.45) is 0 Å². The summed E-state index contributed by atoms with van der Waals surface area (Å²) in [6.07, 6.45) is 0. The molecule has 0 radical (unpaired) electrons. The number of ether oxygens (including phenoxy) is 1. The van der Waals surface area contributed by atoms with Crippen LogP contribution in [-0.2, 0) is 0 Å². The number of aliphatic hydroxyl groups excluding tert-OH is 1. The first-order valence-corrected chi connectivity index (χ1v) is 7.23. The molecule has 0 aliphatic heterocycles. The van der Waals surface area contributed by atoms with Gasteiger partial charge in [0.05, 0.1) is 12.0 Å². The van der Waals surface area contributed by atoms with E-state index in [4.69, 9.17) is 9.84 Å². The Morgan fingerprint density at radius 3 is 2.80 bits per heavy atom. The highest BCUT2D eigenvalue weighted by atomic mass is 32.1. The van der Waals surface area contributed by atoms with Crippen LogP contribution in [0.15, 0.2) is 41.2 Å². The van der Waals surface area contributed by atoms with Gasteiger partial charge in [-0.2, -0.15) is 0 Å². The molecule has 0 saturated carbocycles. The van der Waals surface area contributed by atoms with Crippen molar-refractivity contribution >= 4 is 31.5 Å². The number of fused-ring (bicyclic) bond motifs is 2. The summed E-state index contributed by atoms with van der Waals surface area (Å²) in [6, 6.07) is 11.3. The predicted octanol–water partition coefficient (Wildman–Crippen LogP) is 3.09. The van der Waals surface area contributed by atoms with Gasteiger partial charge >= 0.3 is 0 Å². The Morgan fingerprint density at radius 2 is 2.00 bits per heavy atom. The Bertz CT molecular complexity index is 836. The maximum absolute atomic E-state index is 12.7. The smallest absolute Gasteiger partial charge is 0.199 e. The molecule has 1 N–H and O–H groups in total. The van der Waals surface area contributed by atoms with E-state index in [-0.39, 0.29) is 18.6 Å². The van der Waals surface area contributed by atoms with Crippen LogP contribution in [0.4, 0.5) is 0 Å². The van der Waals surface area contributed by atoms with Crippen molar-refractivity contribution in [2.45, 2.75) is 6.92 Å². The molecule has 102 valence electrons. The molecule has 0 amide bonds. The van der Waals surface area contributed by atoms with Crippen LogP contribution in [0.5, 0.6) is 5.75 Å². The highest BCUT2D eigenvalue weighted by molar-refractivity contribution is 7.24. The maximum Gasteiger partial charge on any atom is 0.199 e.